The summed E-state index contributed by atoms with van der Waals surface area (Å²) in [6, 6.07) is 0. The van der Waals surface area contributed by atoms with Gasteiger partial charge in [-0.05, 0) is 34.1 Å². The number of aliphatic hydroxyl groups excluding tert-OH is 2. The third-order valence-corrected chi connectivity index (χ3v) is 7.98. The van der Waals surface area contributed by atoms with Crippen molar-refractivity contribution in [1.29, 1.82) is 0 Å². The van der Waals surface area contributed by atoms with Gasteiger partial charge in [0.05, 0.1) is 18.6 Å². The molecule has 3 saturated heterocycles. The van der Waals surface area contributed by atoms with Gasteiger partial charge in [-0.3, -0.25) is 4.79 Å². The van der Waals surface area contributed by atoms with E-state index in [1.165, 1.54) is 0 Å². The highest BCUT2D eigenvalue weighted by Gasteiger charge is 2.91. The molecule has 2 aliphatic carbocycles. The predicted molar refractivity (Wildman–Crippen MR) is 92.9 cm³/mol. The number of esters is 2. The lowest BCUT2D eigenvalue weighted by Crippen LogP contribution is -2.49. The molecule has 5 fully saturated rings. The van der Waals surface area contributed by atoms with Crippen LogP contribution in [0.2, 0.25) is 0 Å². The fraction of sp³-hybridized carbons (Fsp3) is 0.800. The second kappa shape index (κ2) is 5.36. The van der Waals surface area contributed by atoms with E-state index in [-0.39, 0.29) is 12.0 Å². The fourth-order valence-corrected chi connectivity index (χ4v) is 6.14. The van der Waals surface area contributed by atoms with E-state index in [0.717, 1.165) is 0 Å². The standard InChI is InChI=1S/C20H26O8/c1-5-8(2)16(23)25-11-6-10-18(3)15(27-18)13-12(9(7-21)17(24)26-13)14(22)20(10)19(11,4)28-20/h5,9-15,21-22H,6-7H2,1-4H3/b8-5+. The van der Waals surface area contributed by atoms with E-state index in [1.54, 1.807) is 19.9 Å². The summed E-state index contributed by atoms with van der Waals surface area (Å²) in [5, 5.41) is 21.1. The number of rotatable bonds is 3. The lowest BCUT2D eigenvalue weighted by molar-refractivity contribution is -0.149. The molecular formula is C20H26O8. The SMILES string of the molecule is C/C=C(\C)C(=O)OC1CC2C3(C)OC3C3OC(=O)C(CO)C3C(O)C23OC13C. The molecule has 28 heavy (non-hydrogen) atoms. The third-order valence-electron chi connectivity index (χ3n) is 7.98. The quantitative estimate of drug-likeness (QED) is 0.393. The molecule has 0 amide bonds. The van der Waals surface area contributed by atoms with Gasteiger partial charge in [0.2, 0.25) is 0 Å². The van der Waals surface area contributed by atoms with Gasteiger partial charge < -0.3 is 29.2 Å². The van der Waals surface area contributed by atoms with Crippen molar-refractivity contribution in [2.24, 2.45) is 17.8 Å². The highest BCUT2D eigenvalue weighted by molar-refractivity contribution is 5.88. The Balaban J connectivity index is 1.52. The van der Waals surface area contributed by atoms with Gasteiger partial charge in [0.1, 0.15) is 35.1 Å². The Kier molecular flexibility index (Phi) is 3.55. The zero-order valence-electron chi connectivity index (χ0n) is 16.4. The minimum absolute atomic E-state index is 0.211. The molecule has 0 aromatic heterocycles. The summed E-state index contributed by atoms with van der Waals surface area (Å²) in [7, 11) is 0. The van der Waals surface area contributed by atoms with Crippen LogP contribution < -0.4 is 0 Å². The largest absolute Gasteiger partial charge is 0.459 e. The number of hydrogen-bond donors (Lipinski definition) is 2. The zero-order valence-corrected chi connectivity index (χ0v) is 16.4. The molecule has 0 radical (unpaired) electrons. The number of ether oxygens (including phenoxy) is 4. The molecule has 5 rings (SSSR count). The van der Waals surface area contributed by atoms with Crippen molar-refractivity contribution < 1.29 is 38.7 Å². The van der Waals surface area contributed by atoms with Gasteiger partial charge in [0, 0.05) is 17.4 Å². The van der Waals surface area contributed by atoms with E-state index in [4.69, 9.17) is 18.9 Å². The number of allylic oxidation sites excluding steroid dienone is 1. The molecule has 0 aromatic carbocycles. The minimum atomic E-state index is -1.03. The molecule has 0 aromatic rings. The molecule has 0 bridgehead atoms. The van der Waals surface area contributed by atoms with Gasteiger partial charge >= 0.3 is 11.9 Å². The normalized spacial score (nSPS) is 56.0. The average molecular weight is 394 g/mol. The van der Waals surface area contributed by atoms with Gasteiger partial charge in [-0.1, -0.05) is 6.08 Å². The number of epoxide rings is 2. The van der Waals surface area contributed by atoms with E-state index in [9.17, 15) is 19.8 Å². The van der Waals surface area contributed by atoms with Crippen LogP contribution in [0.15, 0.2) is 11.6 Å². The maximum absolute atomic E-state index is 12.3. The van der Waals surface area contributed by atoms with Crippen LogP contribution in [0, 0.1) is 17.8 Å². The monoisotopic (exact) mass is 394 g/mol. The Morgan fingerprint density at radius 2 is 2.11 bits per heavy atom. The molecular weight excluding hydrogens is 368 g/mol. The van der Waals surface area contributed by atoms with E-state index in [2.05, 4.69) is 0 Å². The van der Waals surface area contributed by atoms with Crippen molar-refractivity contribution >= 4 is 11.9 Å². The second-order valence-corrected chi connectivity index (χ2v) is 9.09. The van der Waals surface area contributed by atoms with Crippen LogP contribution >= 0.6 is 0 Å². The van der Waals surface area contributed by atoms with Crippen molar-refractivity contribution in [1.82, 2.24) is 0 Å². The van der Waals surface area contributed by atoms with Gasteiger partial charge in [-0.2, -0.15) is 0 Å². The molecule has 154 valence electrons. The first-order chi connectivity index (χ1) is 13.2. The van der Waals surface area contributed by atoms with Crippen molar-refractivity contribution in [2.75, 3.05) is 6.61 Å². The Bertz CT molecular complexity index is 793. The summed E-state index contributed by atoms with van der Waals surface area (Å²) in [4.78, 5) is 24.6. The summed E-state index contributed by atoms with van der Waals surface area (Å²) in [5.74, 6) is -2.58. The third kappa shape index (κ3) is 1.90. The molecule has 3 heterocycles. The van der Waals surface area contributed by atoms with Crippen LogP contribution in [0.1, 0.15) is 34.1 Å². The molecule has 8 nitrogen and oxygen atoms in total. The number of hydrogen-bond acceptors (Lipinski definition) is 8. The smallest absolute Gasteiger partial charge is 0.333 e. The van der Waals surface area contributed by atoms with Crippen molar-refractivity contribution in [3.63, 3.8) is 0 Å². The average Bonchev–Trinajstić information content (AvgIpc) is 3.45. The van der Waals surface area contributed by atoms with Gasteiger partial charge in [0.25, 0.3) is 0 Å². The van der Waals surface area contributed by atoms with Crippen LogP contribution in [-0.4, -0.2) is 70.0 Å². The first-order valence-corrected chi connectivity index (χ1v) is 9.87. The molecule has 5 aliphatic rings. The van der Waals surface area contributed by atoms with Crippen molar-refractivity contribution in [3.8, 4) is 0 Å². The zero-order chi connectivity index (χ0) is 20.2. The van der Waals surface area contributed by atoms with Gasteiger partial charge in [0.15, 0.2) is 0 Å². The maximum Gasteiger partial charge on any atom is 0.333 e. The predicted octanol–water partition coefficient (Wildman–Crippen LogP) is 0.0941. The molecule has 2 N–H and O–H groups in total. The fourth-order valence-electron chi connectivity index (χ4n) is 6.14. The van der Waals surface area contributed by atoms with Crippen LogP contribution in [0.3, 0.4) is 0 Å². The van der Waals surface area contributed by atoms with Gasteiger partial charge in [-0.15, -0.1) is 0 Å². The molecule has 10 atom stereocenters. The molecule has 8 heteroatoms. The van der Waals surface area contributed by atoms with Gasteiger partial charge in [-0.25, -0.2) is 4.79 Å². The van der Waals surface area contributed by atoms with Crippen molar-refractivity contribution in [3.05, 3.63) is 11.6 Å². The van der Waals surface area contributed by atoms with Crippen molar-refractivity contribution in [2.45, 2.75) is 75.3 Å². The van der Waals surface area contributed by atoms with E-state index in [1.807, 2.05) is 13.8 Å². The number of carbonyl (C=O) groups is 2. The first-order valence-electron chi connectivity index (χ1n) is 9.87. The van der Waals surface area contributed by atoms with Crippen LogP contribution in [0.5, 0.6) is 0 Å². The second-order valence-electron chi connectivity index (χ2n) is 9.09. The highest BCUT2D eigenvalue weighted by Crippen LogP contribution is 2.74. The Morgan fingerprint density at radius 3 is 2.75 bits per heavy atom. The lowest BCUT2D eigenvalue weighted by Gasteiger charge is -2.31. The number of aliphatic hydroxyl groups is 2. The molecule has 3 aliphatic heterocycles. The maximum atomic E-state index is 12.3. The Labute approximate surface area is 162 Å². The minimum Gasteiger partial charge on any atom is -0.459 e. The summed E-state index contributed by atoms with van der Waals surface area (Å²) in [6.07, 6.45) is -0.341. The Morgan fingerprint density at radius 1 is 1.39 bits per heavy atom. The van der Waals surface area contributed by atoms with Crippen LogP contribution in [-0.2, 0) is 28.5 Å². The molecule has 1 spiro atoms. The summed E-state index contributed by atoms with van der Waals surface area (Å²) in [6.45, 7) is 6.83. The lowest BCUT2D eigenvalue weighted by atomic mass is 9.74. The highest BCUT2D eigenvalue weighted by atomic mass is 16.7. The van der Waals surface area contributed by atoms with Crippen LogP contribution in [0.25, 0.3) is 0 Å². The summed E-state index contributed by atoms with van der Waals surface area (Å²) >= 11 is 0. The topological polar surface area (TPSA) is 118 Å². The number of fused-ring (bicyclic) bond motifs is 4. The molecule has 10 unspecified atom stereocenters. The number of carbonyl (C=O) groups excluding carboxylic acids is 2. The Hall–Kier alpha value is -1.48. The van der Waals surface area contributed by atoms with E-state index in [0.29, 0.717) is 12.0 Å². The van der Waals surface area contributed by atoms with E-state index >= 15 is 0 Å². The summed E-state index contributed by atoms with van der Waals surface area (Å²) < 4.78 is 23.4. The summed E-state index contributed by atoms with van der Waals surface area (Å²) in [5.41, 5.74) is -2.00. The molecule has 2 saturated carbocycles. The van der Waals surface area contributed by atoms with E-state index < -0.39 is 65.5 Å². The van der Waals surface area contributed by atoms with Crippen LogP contribution in [0.4, 0.5) is 0 Å². The first kappa shape index (κ1) is 18.5.